The van der Waals surface area contributed by atoms with Crippen LogP contribution in [0.5, 0.6) is 5.75 Å². The lowest BCUT2D eigenvalue weighted by molar-refractivity contribution is -0.117. The molecule has 0 fully saturated rings. The quantitative estimate of drug-likeness (QED) is 0.882. The molecule has 0 spiro atoms. The highest BCUT2D eigenvalue weighted by Gasteiger charge is 2.16. The molecule has 4 nitrogen and oxygen atoms in total. The SMILES string of the molecule is CNC(C)CNC(=O)C1=Cc2ccccc2OC1.Cl. The van der Waals surface area contributed by atoms with Crippen molar-refractivity contribution in [3.63, 3.8) is 0 Å². The predicted octanol–water partition coefficient (Wildman–Crippen LogP) is 1.61. The van der Waals surface area contributed by atoms with Crippen LogP contribution in [0.1, 0.15) is 12.5 Å². The van der Waals surface area contributed by atoms with Crippen LogP contribution in [-0.4, -0.2) is 32.1 Å². The molecule has 0 saturated carbocycles. The van der Waals surface area contributed by atoms with Gasteiger partial charge in [0, 0.05) is 18.2 Å². The van der Waals surface area contributed by atoms with Crippen LogP contribution in [0.3, 0.4) is 0 Å². The summed E-state index contributed by atoms with van der Waals surface area (Å²) in [6.45, 7) is 2.95. The molecule has 1 aromatic rings. The highest BCUT2D eigenvalue weighted by Crippen LogP contribution is 2.25. The Morgan fingerprint density at radius 1 is 1.42 bits per heavy atom. The fraction of sp³-hybridized carbons (Fsp3) is 0.357. The summed E-state index contributed by atoms with van der Waals surface area (Å²) in [5.41, 5.74) is 1.62. The van der Waals surface area contributed by atoms with Gasteiger partial charge in [0.1, 0.15) is 12.4 Å². The van der Waals surface area contributed by atoms with Gasteiger partial charge >= 0.3 is 0 Å². The Morgan fingerprint density at radius 2 is 2.16 bits per heavy atom. The molecule has 1 amide bonds. The maximum absolute atomic E-state index is 11.9. The highest BCUT2D eigenvalue weighted by molar-refractivity contribution is 5.99. The first-order valence-electron chi connectivity index (χ1n) is 6.08. The third-order valence-corrected chi connectivity index (χ3v) is 2.99. The number of fused-ring (bicyclic) bond motifs is 1. The van der Waals surface area contributed by atoms with Crippen LogP contribution in [0.15, 0.2) is 29.8 Å². The first kappa shape index (κ1) is 15.5. The summed E-state index contributed by atoms with van der Waals surface area (Å²) in [4.78, 5) is 11.9. The molecule has 1 aromatic carbocycles. The highest BCUT2D eigenvalue weighted by atomic mass is 35.5. The first-order chi connectivity index (χ1) is 8.70. The molecule has 1 atom stereocenters. The van der Waals surface area contributed by atoms with Gasteiger partial charge in [0.05, 0.1) is 5.57 Å². The number of rotatable bonds is 4. The van der Waals surface area contributed by atoms with Gasteiger partial charge in [-0.25, -0.2) is 0 Å². The van der Waals surface area contributed by atoms with Crippen LogP contribution in [0.25, 0.3) is 6.08 Å². The van der Waals surface area contributed by atoms with E-state index in [-0.39, 0.29) is 24.4 Å². The van der Waals surface area contributed by atoms with Crippen molar-refractivity contribution in [2.24, 2.45) is 0 Å². The monoisotopic (exact) mass is 282 g/mol. The second kappa shape index (κ2) is 7.16. The van der Waals surface area contributed by atoms with E-state index < -0.39 is 0 Å². The maximum atomic E-state index is 11.9. The summed E-state index contributed by atoms with van der Waals surface area (Å²) in [6.07, 6.45) is 1.89. The molecule has 0 aromatic heterocycles. The topological polar surface area (TPSA) is 50.4 Å². The number of hydrogen-bond acceptors (Lipinski definition) is 3. The van der Waals surface area contributed by atoms with E-state index in [2.05, 4.69) is 10.6 Å². The average Bonchev–Trinajstić information content (AvgIpc) is 2.43. The number of para-hydroxylation sites is 1. The van der Waals surface area contributed by atoms with E-state index in [0.29, 0.717) is 18.7 Å². The second-order valence-corrected chi connectivity index (χ2v) is 4.40. The Bertz CT molecular complexity index is 474. The number of hydrogen-bond donors (Lipinski definition) is 2. The maximum Gasteiger partial charge on any atom is 0.250 e. The Labute approximate surface area is 119 Å². The van der Waals surface area contributed by atoms with Gasteiger partial charge in [-0.15, -0.1) is 12.4 Å². The number of likely N-dealkylation sites (N-methyl/N-ethyl adjacent to an activating group) is 1. The molecule has 5 heteroatoms. The van der Waals surface area contributed by atoms with Crippen molar-refractivity contribution >= 4 is 24.4 Å². The Hall–Kier alpha value is -1.52. The van der Waals surface area contributed by atoms with E-state index in [0.717, 1.165) is 11.3 Å². The van der Waals surface area contributed by atoms with Gasteiger partial charge < -0.3 is 15.4 Å². The predicted molar refractivity (Wildman–Crippen MR) is 78.7 cm³/mol. The molecule has 1 heterocycles. The summed E-state index contributed by atoms with van der Waals surface area (Å²) in [7, 11) is 1.87. The van der Waals surface area contributed by atoms with Crippen LogP contribution in [0.2, 0.25) is 0 Å². The number of benzene rings is 1. The van der Waals surface area contributed by atoms with Crippen LogP contribution in [0, 0.1) is 0 Å². The van der Waals surface area contributed by atoms with Crippen LogP contribution in [0.4, 0.5) is 0 Å². The van der Waals surface area contributed by atoms with Crippen LogP contribution < -0.4 is 15.4 Å². The molecule has 19 heavy (non-hydrogen) atoms. The van der Waals surface area contributed by atoms with E-state index in [4.69, 9.17) is 4.74 Å². The first-order valence-corrected chi connectivity index (χ1v) is 6.08. The molecular formula is C14H19ClN2O2. The molecule has 1 aliphatic heterocycles. The summed E-state index contributed by atoms with van der Waals surface area (Å²) < 4.78 is 5.55. The van der Waals surface area contributed by atoms with Crippen LogP contribution >= 0.6 is 12.4 Å². The van der Waals surface area contributed by atoms with E-state index in [9.17, 15) is 4.79 Å². The fourth-order valence-corrected chi connectivity index (χ4v) is 1.71. The number of carbonyl (C=O) groups excluding carboxylic acids is 1. The second-order valence-electron chi connectivity index (χ2n) is 4.40. The zero-order valence-corrected chi connectivity index (χ0v) is 11.9. The number of carbonyl (C=O) groups is 1. The van der Waals surface area contributed by atoms with Crippen molar-refractivity contribution in [1.82, 2.24) is 10.6 Å². The molecule has 2 rings (SSSR count). The average molecular weight is 283 g/mol. The van der Waals surface area contributed by atoms with Gasteiger partial charge in [-0.2, -0.15) is 0 Å². The molecular weight excluding hydrogens is 264 g/mol. The fourth-order valence-electron chi connectivity index (χ4n) is 1.71. The lowest BCUT2D eigenvalue weighted by Gasteiger charge is -2.18. The van der Waals surface area contributed by atoms with Gasteiger partial charge in [0.2, 0.25) is 0 Å². The van der Waals surface area contributed by atoms with Crippen LogP contribution in [-0.2, 0) is 4.79 Å². The number of halogens is 1. The normalized spacial score (nSPS) is 14.3. The largest absolute Gasteiger partial charge is 0.488 e. The Balaban J connectivity index is 0.00000180. The van der Waals surface area contributed by atoms with Crippen molar-refractivity contribution in [2.75, 3.05) is 20.2 Å². The molecule has 0 radical (unpaired) electrons. The zero-order valence-electron chi connectivity index (χ0n) is 11.1. The van der Waals surface area contributed by atoms with Gasteiger partial charge in [0.15, 0.2) is 0 Å². The minimum absolute atomic E-state index is 0. The van der Waals surface area contributed by atoms with Crippen molar-refractivity contribution in [3.8, 4) is 5.75 Å². The molecule has 1 unspecified atom stereocenters. The lowest BCUT2D eigenvalue weighted by Crippen LogP contribution is -2.38. The zero-order chi connectivity index (χ0) is 13.0. The number of nitrogens with one attached hydrogen (secondary N) is 2. The molecule has 0 aliphatic carbocycles. The molecule has 104 valence electrons. The van der Waals surface area contributed by atoms with Crippen molar-refractivity contribution in [1.29, 1.82) is 0 Å². The van der Waals surface area contributed by atoms with E-state index in [1.807, 2.05) is 44.3 Å². The Morgan fingerprint density at radius 3 is 2.89 bits per heavy atom. The standard InChI is InChI=1S/C14H18N2O2.ClH/c1-10(15-2)8-16-14(17)12-7-11-5-3-4-6-13(11)18-9-12;/h3-7,10,15H,8-9H2,1-2H3,(H,16,17);1H. The van der Waals surface area contributed by atoms with Crippen molar-refractivity contribution in [3.05, 3.63) is 35.4 Å². The van der Waals surface area contributed by atoms with E-state index in [1.165, 1.54) is 0 Å². The summed E-state index contributed by atoms with van der Waals surface area (Å²) in [5, 5.41) is 5.96. The third kappa shape index (κ3) is 3.98. The lowest BCUT2D eigenvalue weighted by atomic mass is 10.1. The van der Waals surface area contributed by atoms with Gasteiger partial charge in [-0.1, -0.05) is 18.2 Å². The van der Waals surface area contributed by atoms with Gasteiger partial charge in [-0.3, -0.25) is 4.79 Å². The smallest absolute Gasteiger partial charge is 0.250 e. The minimum Gasteiger partial charge on any atom is -0.488 e. The molecule has 0 bridgehead atoms. The van der Waals surface area contributed by atoms with E-state index >= 15 is 0 Å². The van der Waals surface area contributed by atoms with Crippen molar-refractivity contribution in [2.45, 2.75) is 13.0 Å². The number of amides is 1. The van der Waals surface area contributed by atoms with E-state index in [1.54, 1.807) is 0 Å². The van der Waals surface area contributed by atoms with Gasteiger partial charge in [-0.05, 0) is 26.1 Å². The molecule has 0 saturated heterocycles. The molecule has 1 aliphatic rings. The minimum atomic E-state index is -0.0633. The third-order valence-electron chi connectivity index (χ3n) is 2.99. The van der Waals surface area contributed by atoms with Crippen molar-refractivity contribution < 1.29 is 9.53 Å². The van der Waals surface area contributed by atoms with Gasteiger partial charge in [0.25, 0.3) is 5.91 Å². The summed E-state index contributed by atoms with van der Waals surface area (Å²) in [5.74, 6) is 0.768. The summed E-state index contributed by atoms with van der Waals surface area (Å²) in [6, 6.07) is 7.96. The Kier molecular flexibility index (Phi) is 5.86. The number of ether oxygens (including phenoxy) is 1. The summed E-state index contributed by atoms with van der Waals surface area (Å²) >= 11 is 0. The molecule has 2 N–H and O–H groups in total.